The van der Waals surface area contributed by atoms with Crippen LogP contribution in [0.15, 0.2) is 47.4 Å². The SMILES string of the molecule is O=C(Nc1ccc(F)c(Cl)c1)Nc1cc(S(=O)(=O)NCC(F)(F)F)ccc1C1=CCOCC1. The number of urea groups is 1. The van der Waals surface area contributed by atoms with E-state index in [0.717, 1.165) is 23.8 Å². The number of hydrogen-bond donors (Lipinski definition) is 3. The molecule has 3 rings (SSSR count). The third kappa shape index (κ3) is 6.90. The Balaban J connectivity index is 1.90. The van der Waals surface area contributed by atoms with Gasteiger partial charge in [-0.25, -0.2) is 22.3 Å². The molecule has 0 spiro atoms. The van der Waals surface area contributed by atoms with Crippen LogP contribution < -0.4 is 15.4 Å². The molecule has 0 saturated carbocycles. The number of carbonyl (C=O) groups excluding carboxylic acids is 1. The van der Waals surface area contributed by atoms with Gasteiger partial charge in [0.2, 0.25) is 10.0 Å². The van der Waals surface area contributed by atoms with Crippen molar-refractivity contribution in [3.05, 3.63) is 58.9 Å². The number of hydrogen-bond acceptors (Lipinski definition) is 4. The van der Waals surface area contributed by atoms with Crippen molar-refractivity contribution in [3.63, 3.8) is 0 Å². The second kappa shape index (κ2) is 10.1. The molecule has 0 aromatic heterocycles. The highest BCUT2D eigenvalue weighted by Gasteiger charge is 2.30. The number of amides is 2. The molecule has 2 amide bonds. The minimum absolute atomic E-state index is 0.0451. The van der Waals surface area contributed by atoms with Crippen molar-refractivity contribution < 1.29 is 35.5 Å². The van der Waals surface area contributed by atoms with E-state index in [1.54, 1.807) is 6.08 Å². The predicted molar refractivity (Wildman–Crippen MR) is 115 cm³/mol. The molecule has 13 heteroatoms. The summed E-state index contributed by atoms with van der Waals surface area (Å²) < 4.78 is 82.2. The third-order valence-corrected chi connectivity index (χ3v) is 6.19. The lowest BCUT2D eigenvalue weighted by Crippen LogP contribution is -2.33. The largest absolute Gasteiger partial charge is 0.402 e. The molecule has 1 aliphatic rings. The Kier molecular flexibility index (Phi) is 7.62. The predicted octanol–water partition coefficient (Wildman–Crippen LogP) is 4.77. The Labute approximate surface area is 191 Å². The topological polar surface area (TPSA) is 96.5 Å². The fourth-order valence-electron chi connectivity index (χ4n) is 2.96. The van der Waals surface area contributed by atoms with Gasteiger partial charge in [0.05, 0.1) is 28.8 Å². The Hall–Kier alpha value is -2.67. The van der Waals surface area contributed by atoms with Gasteiger partial charge in [0.1, 0.15) is 12.4 Å². The molecule has 2 aromatic rings. The molecule has 3 N–H and O–H groups in total. The summed E-state index contributed by atoms with van der Waals surface area (Å²) in [5.74, 6) is -0.680. The number of rotatable bonds is 6. The van der Waals surface area contributed by atoms with Crippen LogP contribution in [0.1, 0.15) is 12.0 Å². The first kappa shape index (κ1) is 25.0. The summed E-state index contributed by atoms with van der Waals surface area (Å²) in [7, 11) is -4.51. The lowest BCUT2D eigenvalue weighted by molar-refractivity contribution is -0.121. The number of benzene rings is 2. The lowest BCUT2D eigenvalue weighted by atomic mass is 10.00. The van der Waals surface area contributed by atoms with E-state index in [1.165, 1.54) is 22.9 Å². The number of nitrogens with one attached hydrogen (secondary N) is 3. The average molecular weight is 508 g/mol. The van der Waals surface area contributed by atoms with Gasteiger partial charge in [0, 0.05) is 11.3 Å². The van der Waals surface area contributed by atoms with Gasteiger partial charge in [0.25, 0.3) is 0 Å². The molecule has 0 aliphatic carbocycles. The van der Waals surface area contributed by atoms with Crippen LogP contribution in [-0.4, -0.2) is 40.4 Å². The minimum atomic E-state index is -4.74. The highest BCUT2D eigenvalue weighted by molar-refractivity contribution is 7.89. The van der Waals surface area contributed by atoms with Crippen molar-refractivity contribution in [1.82, 2.24) is 4.72 Å². The van der Waals surface area contributed by atoms with E-state index in [4.69, 9.17) is 16.3 Å². The van der Waals surface area contributed by atoms with Crippen molar-refractivity contribution >= 4 is 44.6 Å². The van der Waals surface area contributed by atoms with E-state index < -0.39 is 39.5 Å². The standard InChI is InChI=1S/C20H18ClF4N3O4S/c21-16-9-13(1-4-17(16)22)27-19(29)28-18-10-14(33(30,31)26-11-20(23,24)25)2-3-15(18)12-5-7-32-8-6-12/h1-5,9-10,26H,6-8,11H2,(H2,27,28,29). The van der Waals surface area contributed by atoms with Gasteiger partial charge in [-0.3, -0.25) is 0 Å². The van der Waals surface area contributed by atoms with Crippen molar-refractivity contribution in [3.8, 4) is 0 Å². The zero-order valence-electron chi connectivity index (χ0n) is 16.8. The van der Waals surface area contributed by atoms with E-state index in [0.29, 0.717) is 25.2 Å². The molecule has 0 radical (unpaired) electrons. The smallest absolute Gasteiger partial charge is 0.377 e. The number of sulfonamides is 1. The van der Waals surface area contributed by atoms with Gasteiger partial charge in [-0.1, -0.05) is 23.7 Å². The Bertz CT molecular complexity index is 1190. The van der Waals surface area contributed by atoms with Gasteiger partial charge >= 0.3 is 12.2 Å². The second-order valence-corrected chi connectivity index (χ2v) is 9.08. The quantitative estimate of drug-likeness (QED) is 0.491. The summed E-state index contributed by atoms with van der Waals surface area (Å²) in [6, 6.07) is 6.29. The fourth-order valence-corrected chi connectivity index (χ4v) is 4.19. The number of anilines is 2. The van der Waals surface area contributed by atoms with Crippen LogP contribution >= 0.6 is 11.6 Å². The summed E-state index contributed by atoms with van der Waals surface area (Å²) in [5.41, 5.74) is 1.44. The molecule has 178 valence electrons. The molecule has 1 aliphatic heterocycles. The maximum atomic E-state index is 13.3. The maximum absolute atomic E-state index is 13.3. The van der Waals surface area contributed by atoms with Gasteiger partial charge < -0.3 is 15.4 Å². The van der Waals surface area contributed by atoms with E-state index in [9.17, 15) is 30.8 Å². The highest BCUT2D eigenvalue weighted by Crippen LogP contribution is 2.31. The van der Waals surface area contributed by atoms with Crippen molar-refractivity contribution in [2.24, 2.45) is 0 Å². The molecule has 7 nitrogen and oxygen atoms in total. The molecule has 33 heavy (non-hydrogen) atoms. The second-order valence-electron chi connectivity index (χ2n) is 6.91. The number of ether oxygens (including phenoxy) is 1. The van der Waals surface area contributed by atoms with Crippen molar-refractivity contribution in [1.29, 1.82) is 0 Å². The summed E-state index contributed by atoms with van der Waals surface area (Å²) in [4.78, 5) is 12.0. The first-order chi connectivity index (χ1) is 15.4. The van der Waals surface area contributed by atoms with Crippen LogP contribution in [-0.2, 0) is 14.8 Å². The van der Waals surface area contributed by atoms with Gasteiger partial charge in [-0.2, -0.15) is 13.2 Å². The van der Waals surface area contributed by atoms with Crippen molar-refractivity contribution in [2.45, 2.75) is 17.5 Å². The molecule has 0 atom stereocenters. The maximum Gasteiger partial charge on any atom is 0.402 e. The van der Waals surface area contributed by atoms with E-state index in [-0.39, 0.29) is 16.4 Å². The summed E-state index contributed by atoms with van der Waals surface area (Å²) >= 11 is 5.70. The zero-order valence-corrected chi connectivity index (χ0v) is 18.4. The number of halogens is 5. The van der Waals surface area contributed by atoms with Gasteiger partial charge in [0.15, 0.2) is 0 Å². The van der Waals surface area contributed by atoms with Crippen LogP contribution in [0.5, 0.6) is 0 Å². The van der Waals surface area contributed by atoms with E-state index in [1.807, 2.05) is 0 Å². The molecular formula is C20H18ClF4N3O4S. The first-order valence-corrected chi connectivity index (χ1v) is 11.3. The van der Waals surface area contributed by atoms with Crippen LogP contribution in [0.3, 0.4) is 0 Å². The highest BCUT2D eigenvalue weighted by atomic mass is 35.5. The molecule has 1 heterocycles. The monoisotopic (exact) mass is 507 g/mol. The first-order valence-electron chi connectivity index (χ1n) is 9.45. The summed E-state index contributed by atoms with van der Waals surface area (Å²) in [5, 5.41) is 4.71. The minimum Gasteiger partial charge on any atom is -0.377 e. The van der Waals surface area contributed by atoms with Crippen molar-refractivity contribution in [2.75, 3.05) is 30.4 Å². The molecule has 0 fully saturated rings. The molecule has 2 aromatic carbocycles. The van der Waals surface area contributed by atoms with Crippen LogP contribution in [0.25, 0.3) is 5.57 Å². The summed E-state index contributed by atoms with van der Waals surface area (Å²) in [6.45, 7) is -1.03. The van der Waals surface area contributed by atoms with E-state index >= 15 is 0 Å². The van der Waals surface area contributed by atoms with Gasteiger partial charge in [-0.15, -0.1) is 0 Å². The number of carbonyl (C=O) groups is 1. The normalized spacial score (nSPS) is 14.5. The third-order valence-electron chi connectivity index (χ3n) is 4.50. The Morgan fingerprint density at radius 3 is 2.52 bits per heavy atom. The molecular weight excluding hydrogens is 490 g/mol. The molecule has 0 bridgehead atoms. The molecule has 0 saturated heterocycles. The van der Waals surface area contributed by atoms with Gasteiger partial charge in [-0.05, 0) is 42.3 Å². The zero-order chi connectivity index (χ0) is 24.2. The average Bonchev–Trinajstić information content (AvgIpc) is 2.75. The lowest BCUT2D eigenvalue weighted by Gasteiger charge is -2.19. The fraction of sp³-hybridized carbons (Fsp3) is 0.250. The Morgan fingerprint density at radius 2 is 1.88 bits per heavy atom. The van der Waals surface area contributed by atoms with Crippen LogP contribution in [0.2, 0.25) is 5.02 Å². The Morgan fingerprint density at radius 1 is 1.12 bits per heavy atom. The number of alkyl halides is 3. The van der Waals surface area contributed by atoms with Crippen LogP contribution in [0, 0.1) is 5.82 Å². The summed E-state index contributed by atoms with van der Waals surface area (Å²) in [6.07, 6.45) is -2.52. The van der Waals surface area contributed by atoms with E-state index in [2.05, 4.69) is 10.6 Å². The van der Waals surface area contributed by atoms with Crippen LogP contribution in [0.4, 0.5) is 33.7 Å². The molecule has 0 unspecified atom stereocenters.